The first-order chi connectivity index (χ1) is 22.3. The number of hydrogen-bond donors (Lipinski definition) is 1. The molecule has 5 aromatic rings. The Morgan fingerprint density at radius 3 is 2.54 bits per heavy atom. The zero-order valence-corrected chi connectivity index (χ0v) is 27.7. The number of carbonyl (C=O) groups excluding carboxylic acids is 2. The van der Waals surface area contributed by atoms with Crippen molar-refractivity contribution in [3.63, 3.8) is 0 Å². The molecular formula is C35H34N6O3S2. The molecule has 2 aromatic heterocycles. The van der Waals surface area contributed by atoms with E-state index in [4.69, 9.17) is 9.84 Å². The second-order valence-corrected chi connectivity index (χ2v) is 12.9. The topological polar surface area (TPSA) is 102 Å². The normalized spacial score (nSPS) is 14.3. The average molecular weight is 651 g/mol. The van der Waals surface area contributed by atoms with Crippen LogP contribution in [0.1, 0.15) is 55.8 Å². The van der Waals surface area contributed by atoms with Crippen LogP contribution >= 0.6 is 23.1 Å². The van der Waals surface area contributed by atoms with Crippen molar-refractivity contribution >= 4 is 40.6 Å². The van der Waals surface area contributed by atoms with Crippen LogP contribution in [0.3, 0.4) is 0 Å². The van der Waals surface area contributed by atoms with Crippen molar-refractivity contribution < 1.29 is 14.3 Å². The van der Waals surface area contributed by atoms with Crippen LogP contribution in [0, 0.1) is 20.8 Å². The number of aryl methyl sites for hydroxylation is 2. The Morgan fingerprint density at radius 1 is 0.978 bits per heavy atom. The van der Waals surface area contributed by atoms with E-state index in [1.54, 1.807) is 34.5 Å². The molecule has 3 aromatic carbocycles. The molecule has 1 N–H and O–H groups in total. The van der Waals surface area contributed by atoms with E-state index in [0.29, 0.717) is 28.7 Å². The Kier molecular flexibility index (Phi) is 9.32. The van der Waals surface area contributed by atoms with Crippen molar-refractivity contribution in [1.29, 1.82) is 0 Å². The molecule has 1 aliphatic rings. The van der Waals surface area contributed by atoms with Crippen LogP contribution in [0.25, 0.3) is 5.69 Å². The average Bonchev–Trinajstić information content (AvgIpc) is 3.85. The second kappa shape index (κ2) is 13.7. The fraction of sp³-hybridized carbons (Fsp3) is 0.229. The van der Waals surface area contributed by atoms with Gasteiger partial charge in [-0.2, -0.15) is 5.10 Å². The molecule has 0 bridgehead atoms. The molecule has 234 valence electrons. The van der Waals surface area contributed by atoms with Gasteiger partial charge < -0.3 is 10.1 Å². The minimum absolute atomic E-state index is 0.111. The van der Waals surface area contributed by atoms with E-state index in [1.165, 1.54) is 18.9 Å². The van der Waals surface area contributed by atoms with E-state index in [-0.39, 0.29) is 30.2 Å². The van der Waals surface area contributed by atoms with Crippen LogP contribution in [-0.2, 0) is 11.3 Å². The summed E-state index contributed by atoms with van der Waals surface area (Å²) >= 11 is 2.93. The number of nitrogens with one attached hydrogen (secondary N) is 1. The van der Waals surface area contributed by atoms with Gasteiger partial charge >= 0.3 is 0 Å². The lowest BCUT2D eigenvalue weighted by Crippen LogP contribution is -2.28. The van der Waals surface area contributed by atoms with Crippen LogP contribution in [-0.4, -0.2) is 50.2 Å². The predicted molar refractivity (Wildman–Crippen MR) is 182 cm³/mol. The first kappa shape index (κ1) is 31.3. The monoisotopic (exact) mass is 650 g/mol. The van der Waals surface area contributed by atoms with E-state index in [9.17, 15) is 9.59 Å². The van der Waals surface area contributed by atoms with Gasteiger partial charge in [-0.3, -0.25) is 14.2 Å². The highest BCUT2D eigenvalue weighted by atomic mass is 32.2. The van der Waals surface area contributed by atoms with Gasteiger partial charge in [-0.05, 0) is 67.1 Å². The number of aromatic nitrogens is 3. The van der Waals surface area contributed by atoms with E-state index in [1.807, 2.05) is 60.2 Å². The smallest absolute Gasteiger partial charge is 0.255 e. The zero-order chi connectivity index (χ0) is 32.2. The maximum Gasteiger partial charge on any atom is 0.255 e. The van der Waals surface area contributed by atoms with Gasteiger partial charge in [-0.25, -0.2) is 5.01 Å². The van der Waals surface area contributed by atoms with Crippen LogP contribution in [0.4, 0.5) is 0 Å². The van der Waals surface area contributed by atoms with Crippen LogP contribution < -0.4 is 10.1 Å². The van der Waals surface area contributed by atoms with Crippen LogP contribution in [0.5, 0.6) is 5.75 Å². The number of nitrogens with zero attached hydrogens (tertiary/aromatic N) is 5. The van der Waals surface area contributed by atoms with Crippen molar-refractivity contribution in [1.82, 2.24) is 25.1 Å². The van der Waals surface area contributed by atoms with Crippen molar-refractivity contribution in [3.8, 4) is 11.4 Å². The number of para-hydroxylation sites is 1. The molecule has 0 aliphatic carbocycles. The number of hydrogen-bond acceptors (Lipinski definition) is 8. The van der Waals surface area contributed by atoms with Crippen molar-refractivity contribution in [2.75, 3.05) is 12.9 Å². The fourth-order valence-corrected chi connectivity index (χ4v) is 6.92. The summed E-state index contributed by atoms with van der Waals surface area (Å²) in [4.78, 5) is 28.0. The maximum absolute atomic E-state index is 13.9. The number of ether oxygens (including phenoxy) is 1. The van der Waals surface area contributed by atoms with Gasteiger partial charge in [0.15, 0.2) is 11.0 Å². The molecule has 9 nitrogen and oxygen atoms in total. The molecule has 0 radical (unpaired) electrons. The number of rotatable bonds is 10. The third-order valence-electron chi connectivity index (χ3n) is 8.03. The number of benzene rings is 3. The molecule has 0 saturated heterocycles. The van der Waals surface area contributed by atoms with E-state index in [2.05, 4.69) is 46.7 Å². The minimum atomic E-state index is -0.284. The van der Waals surface area contributed by atoms with Gasteiger partial charge in [-0.1, -0.05) is 71.9 Å². The molecule has 11 heteroatoms. The van der Waals surface area contributed by atoms with E-state index in [0.717, 1.165) is 38.5 Å². The highest BCUT2D eigenvalue weighted by Crippen LogP contribution is 2.35. The number of methoxy groups -OCH3 is 1. The summed E-state index contributed by atoms with van der Waals surface area (Å²) in [6.07, 6.45) is 0.648. The number of thiophene rings is 1. The maximum atomic E-state index is 13.9. The summed E-state index contributed by atoms with van der Waals surface area (Å²) in [5.41, 5.74) is 6.59. The Balaban J connectivity index is 1.26. The fourth-order valence-electron chi connectivity index (χ4n) is 5.39. The summed E-state index contributed by atoms with van der Waals surface area (Å²) in [6, 6.07) is 25.2. The van der Waals surface area contributed by atoms with Gasteiger partial charge in [0.2, 0.25) is 0 Å². The molecule has 2 amide bonds. The molecule has 1 atom stereocenters. The molecular weight excluding hydrogens is 617 g/mol. The summed E-state index contributed by atoms with van der Waals surface area (Å²) in [7, 11) is 1.54. The molecule has 3 heterocycles. The van der Waals surface area contributed by atoms with Gasteiger partial charge in [-0.15, -0.1) is 21.5 Å². The molecule has 1 aliphatic heterocycles. The summed E-state index contributed by atoms with van der Waals surface area (Å²) in [5.74, 6) is 0.738. The first-order valence-corrected chi connectivity index (χ1v) is 16.8. The highest BCUT2D eigenvalue weighted by Gasteiger charge is 2.33. The molecule has 0 saturated carbocycles. The lowest BCUT2D eigenvalue weighted by atomic mass is 10.00. The molecule has 1 unspecified atom stereocenters. The Labute approximate surface area is 276 Å². The molecule has 46 heavy (non-hydrogen) atoms. The quantitative estimate of drug-likeness (QED) is 0.170. The molecule has 0 fully saturated rings. The van der Waals surface area contributed by atoms with Crippen LogP contribution in [0.15, 0.2) is 94.5 Å². The lowest BCUT2D eigenvalue weighted by Gasteiger charge is -2.22. The van der Waals surface area contributed by atoms with Gasteiger partial charge in [0.05, 0.1) is 47.3 Å². The Morgan fingerprint density at radius 2 is 1.78 bits per heavy atom. The summed E-state index contributed by atoms with van der Waals surface area (Å²) < 4.78 is 7.29. The minimum Gasteiger partial charge on any atom is -0.496 e. The highest BCUT2D eigenvalue weighted by molar-refractivity contribution is 7.99. The van der Waals surface area contributed by atoms with Gasteiger partial charge in [0.1, 0.15) is 5.75 Å². The molecule has 6 rings (SSSR count). The zero-order valence-electron chi connectivity index (χ0n) is 26.1. The van der Waals surface area contributed by atoms with Crippen LogP contribution in [0.2, 0.25) is 0 Å². The van der Waals surface area contributed by atoms with Gasteiger partial charge in [0, 0.05) is 6.42 Å². The number of carbonyl (C=O) groups is 2. The second-order valence-electron chi connectivity index (χ2n) is 11.0. The number of thioether (sulfide) groups is 1. The SMILES string of the molecule is COc1ccccc1C(=O)NCc1nnc(SCC(=O)N2N=C(c3cccs3)CC2c2ccc(C)cc2)n1-c1cccc(C)c1C. The molecule has 0 spiro atoms. The van der Waals surface area contributed by atoms with Crippen molar-refractivity contribution in [2.45, 2.75) is 44.9 Å². The lowest BCUT2D eigenvalue weighted by molar-refractivity contribution is -0.130. The standard InChI is InChI=1S/C35H34N6O3S2/c1-22-14-16-25(17-15-22)29-19-27(31-13-8-18-45-31)39-41(29)33(42)21-46-35-38-37-32(40(35)28-11-7-9-23(2)24(28)3)20-36-34(43)26-10-5-6-12-30(26)44-4/h5-18,29H,19-21H2,1-4H3,(H,36,43). The van der Waals surface area contributed by atoms with E-state index >= 15 is 0 Å². The third kappa shape index (κ3) is 6.47. The summed E-state index contributed by atoms with van der Waals surface area (Å²) in [6.45, 7) is 6.26. The van der Waals surface area contributed by atoms with E-state index < -0.39 is 0 Å². The van der Waals surface area contributed by atoms with Crippen molar-refractivity contribution in [2.24, 2.45) is 5.10 Å². The third-order valence-corrected chi connectivity index (χ3v) is 9.87. The first-order valence-electron chi connectivity index (χ1n) is 14.9. The Bertz CT molecular complexity index is 1900. The predicted octanol–water partition coefficient (Wildman–Crippen LogP) is 6.66. The summed E-state index contributed by atoms with van der Waals surface area (Å²) in [5, 5.41) is 20.9. The largest absolute Gasteiger partial charge is 0.496 e. The number of amides is 2. The number of hydrazone groups is 1. The Hall–Kier alpha value is -4.74. The van der Waals surface area contributed by atoms with Crippen molar-refractivity contribution in [3.05, 3.63) is 123 Å². The van der Waals surface area contributed by atoms with Gasteiger partial charge in [0.25, 0.3) is 11.8 Å².